The smallest absolute Gasteiger partial charge is 0.251 e. The van der Waals surface area contributed by atoms with Gasteiger partial charge in [-0.25, -0.2) is 19.9 Å². The summed E-state index contributed by atoms with van der Waals surface area (Å²) in [6.07, 6.45) is 6.22. The largest absolute Gasteiger partial charge is 0.493 e. The summed E-state index contributed by atoms with van der Waals surface area (Å²) in [7, 11) is 0. The number of nitrogens with two attached hydrogens (primary N) is 1. The highest BCUT2D eigenvalue weighted by atomic mass is 16.5. The Kier molecular flexibility index (Phi) is 4.27. The van der Waals surface area contributed by atoms with E-state index < -0.39 is 0 Å². The van der Waals surface area contributed by atoms with Crippen LogP contribution in [0.25, 0.3) is 22.4 Å². The van der Waals surface area contributed by atoms with Crippen molar-refractivity contribution in [2.75, 3.05) is 12.3 Å². The van der Waals surface area contributed by atoms with Gasteiger partial charge in [0.1, 0.15) is 17.1 Å². The third kappa shape index (κ3) is 3.51. The van der Waals surface area contributed by atoms with Crippen LogP contribution < -0.4 is 15.8 Å². The summed E-state index contributed by atoms with van der Waals surface area (Å²) < 4.78 is 5.98. The Bertz CT molecular complexity index is 1350. The average Bonchev–Trinajstić information content (AvgIpc) is 3.52. The van der Waals surface area contributed by atoms with Crippen LogP contribution >= 0.6 is 0 Å². The summed E-state index contributed by atoms with van der Waals surface area (Å²) in [6.45, 7) is 0.510. The number of hydrogen-bond donors (Lipinski definition) is 3. The monoisotopic (exact) mass is 427 g/mol. The number of hydrogen-bond acceptors (Lipinski definition) is 7. The predicted molar refractivity (Wildman–Crippen MR) is 118 cm³/mol. The number of nitrogens with zero attached hydrogens (tertiary/aromatic N) is 4. The SMILES string of the molecule is Nc1nccc(-c2cnc3[nH]c(C4COc5ccc(C(=O)NC6CC6)cc5C4)nc3c2)n1. The number of pyridine rings is 1. The van der Waals surface area contributed by atoms with E-state index in [1.165, 1.54) is 0 Å². The van der Waals surface area contributed by atoms with Gasteiger partial charge < -0.3 is 20.8 Å². The van der Waals surface area contributed by atoms with E-state index in [0.717, 1.165) is 47.5 Å². The quantitative estimate of drug-likeness (QED) is 0.456. The molecular formula is C23H21N7O2. The lowest BCUT2D eigenvalue weighted by Crippen LogP contribution is -2.26. The molecule has 1 aliphatic heterocycles. The molecule has 9 heteroatoms. The predicted octanol–water partition coefficient (Wildman–Crippen LogP) is 2.61. The Morgan fingerprint density at radius 2 is 2.06 bits per heavy atom. The number of carbonyl (C=O) groups excluding carboxylic acids is 1. The average molecular weight is 427 g/mol. The minimum atomic E-state index is -0.0248. The van der Waals surface area contributed by atoms with Gasteiger partial charge in [0, 0.05) is 29.6 Å². The van der Waals surface area contributed by atoms with E-state index in [2.05, 4.69) is 25.3 Å². The van der Waals surface area contributed by atoms with Crippen molar-refractivity contribution >= 4 is 23.0 Å². The number of nitrogen functional groups attached to an aromatic ring is 1. The molecule has 0 saturated heterocycles. The normalized spacial score (nSPS) is 17.6. The third-order valence-electron chi connectivity index (χ3n) is 5.85. The highest BCUT2D eigenvalue weighted by Crippen LogP contribution is 2.33. The number of carbonyl (C=O) groups is 1. The molecule has 1 aromatic carbocycles. The molecule has 1 aliphatic carbocycles. The first kappa shape index (κ1) is 18.7. The van der Waals surface area contributed by atoms with Crippen molar-refractivity contribution in [2.45, 2.75) is 31.2 Å². The van der Waals surface area contributed by atoms with E-state index in [0.29, 0.717) is 29.6 Å². The number of benzene rings is 1. The number of amides is 1. The van der Waals surface area contributed by atoms with Gasteiger partial charge in [0.15, 0.2) is 5.65 Å². The van der Waals surface area contributed by atoms with Gasteiger partial charge in [-0.15, -0.1) is 0 Å². The Hall–Kier alpha value is -4.01. The summed E-state index contributed by atoms with van der Waals surface area (Å²) in [5.74, 6) is 1.86. The fourth-order valence-corrected chi connectivity index (χ4v) is 3.99. The van der Waals surface area contributed by atoms with Gasteiger partial charge in [0.2, 0.25) is 5.95 Å². The zero-order valence-electron chi connectivity index (χ0n) is 17.2. The standard InChI is InChI=1S/C23H21N7O2/c24-23-25-6-5-17(29-23)14-9-18-21(26-10-14)30-20(28-18)15-8-13-7-12(1-4-19(13)32-11-15)22(31)27-16-2-3-16/h1,4-7,9-10,15-16H,2-3,8,11H2,(H,27,31)(H2,24,25,29)(H,26,28,30). The first-order valence-corrected chi connectivity index (χ1v) is 10.6. The molecule has 4 aromatic rings. The number of imidazole rings is 1. The van der Waals surface area contributed by atoms with Crippen molar-refractivity contribution in [1.82, 2.24) is 30.2 Å². The molecule has 0 bridgehead atoms. The highest BCUT2D eigenvalue weighted by Gasteiger charge is 2.27. The molecule has 3 aromatic heterocycles. The first-order chi connectivity index (χ1) is 15.6. The number of ether oxygens (including phenoxy) is 1. The molecule has 0 radical (unpaired) electrons. The Morgan fingerprint density at radius 3 is 2.91 bits per heavy atom. The molecule has 9 nitrogen and oxygen atoms in total. The number of H-pyrrole nitrogens is 1. The maximum absolute atomic E-state index is 12.4. The minimum absolute atomic E-state index is 0.0248. The van der Waals surface area contributed by atoms with Crippen molar-refractivity contribution in [3.05, 3.63) is 59.7 Å². The number of aromatic amines is 1. The van der Waals surface area contributed by atoms with E-state index in [4.69, 9.17) is 15.5 Å². The van der Waals surface area contributed by atoms with Gasteiger partial charge in [-0.05, 0) is 55.2 Å². The Morgan fingerprint density at radius 1 is 1.16 bits per heavy atom. The lowest BCUT2D eigenvalue weighted by atomic mass is 9.94. The van der Waals surface area contributed by atoms with Crippen LogP contribution in [-0.2, 0) is 6.42 Å². The fraction of sp³-hybridized carbons (Fsp3) is 0.261. The molecular weight excluding hydrogens is 406 g/mol. The molecule has 1 atom stereocenters. The van der Waals surface area contributed by atoms with Crippen molar-refractivity contribution in [2.24, 2.45) is 0 Å². The van der Waals surface area contributed by atoms with Gasteiger partial charge >= 0.3 is 0 Å². The lowest BCUT2D eigenvalue weighted by Gasteiger charge is -2.24. The van der Waals surface area contributed by atoms with Crippen LogP contribution in [0, 0.1) is 0 Å². The maximum Gasteiger partial charge on any atom is 0.251 e. The molecule has 4 heterocycles. The van der Waals surface area contributed by atoms with Gasteiger partial charge in [-0.3, -0.25) is 4.79 Å². The molecule has 2 aliphatic rings. The van der Waals surface area contributed by atoms with Crippen molar-refractivity contribution < 1.29 is 9.53 Å². The molecule has 1 unspecified atom stereocenters. The number of fused-ring (bicyclic) bond motifs is 2. The van der Waals surface area contributed by atoms with Crippen molar-refractivity contribution in [3.63, 3.8) is 0 Å². The summed E-state index contributed by atoms with van der Waals surface area (Å²) in [5.41, 5.74) is 10.3. The van der Waals surface area contributed by atoms with Crippen molar-refractivity contribution in [1.29, 1.82) is 0 Å². The number of anilines is 1. The number of rotatable bonds is 4. The first-order valence-electron chi connectivity index (χ1n) is 10.6. The fourth-order valence-electron chi connectivity index (χ4n) is 3.99. The lowest BCUT2D eigenvalue weighted by molar-refractivity contribution is 0.0951. The topological polar surface area (TPSA) is 132 Å². The zero-order valence-corrected chi connectivity index (χ0v) is 17.2. The molecule has 0 spiro atoms. The van der Waals surface area contributed by atoms with Crippen LogP contribution in [-0.4, -0.2) is 43.5 Å². The van der Waals surface area contributed by atoms with Crippen LogP contribution in [0.3, 0.4) is 0 Å². The molecule has 4 N–H and O–H groups in total. The summed E-state index contributed by atoms with van der Waals surface area (Å²) in [6, 6.07) is 9.68. The maximum atomic E-state index is 12.4. The third-order valence-corrected chi connectivity index (χ3v) is 5.85. The second-order valence-corrected chi connectivity index (χ2v) is 8.30. The molecule has 32 heavy (non-hydrogen) atoms. The van der Waals surface area contributed by atoms with E-state index in [1.807, 2.05) is 24.3 Å². The van der Waals surface area contributed by atoms with Crippen LogP contribution in [0.2, 0.25) is 0 Å². The van der Waals surface area contributed by atoms with Crippen LogP contribution in [0.1, 0.15) is 40.5 Å². The summed E-state index contributed by atoms with van der Waals surface area (Å²) in [5, 5.41) is 3.04. The van der Waals surface area contributed by atoms with E-state index in [1.54, 1.807) is 18.5 Å². The van der Waals surface area contributed by atoms with Crippen LogP contribution in [0.15, 0.2) is 42.7 Å². The molecule has 160 valence electrons. The van der Waals surface area contributed by atoms with E-state index in [-0.39, 0.29) is 17.8 Å². The number of nitrogens with one attached hydrogen (secondary N) is 2. The molecule has 6 rings (SSSR count). The summed E-state index contributed by atoms with van der Waals surface area (Å²) >= 11 is 0. The van der Waals surface area contributed by atoms with Crippen molar-refractivity contribution in [3.8, 4) is 17.0 Å². The van der Waals surface area contributed by atoms with Crippen LogP contribution in [0.4, 0.5) is 5.95 Å². The second kappa shape index (κ2) is 7.30. The van der Waals surface area contributed by atoms with Gasteiger partial charge in [0.05, 0.1) is 18.2 Å². The van der Waals surface area contributed by atoms with Gasteiger partial charge in [-0.2, -0.15) is 0 Å². The second-order valence-electron chi connectivity index (χ2n) is 8.30. The van der Waals surface area contributed by atoms with Crippen LogP contribution in [0.5, 0.6) is 5.75 Å². The summed E-state index contributed by atoms with van der Waals surface area (Å²) in [4.78, 5) is 33.2. The molecule has 1 amide bonds. The Labute approximate surface area is 183 Å². The molecule has 1 saturated carbocycles. The van der Waals surface area contributed by atoms with E-state index in [9.17, 15) is 4.79 Å². The number of aromatic nitrogens is 5. The molecule has 1 fully saturated rings. The minimum Gasteiger partial charge on any atom is -0.493 e. The van der Waals surface area contributed by atoms with Gasteiger partial charge in [-0.1, -0.05) is 0 Å². The Balaban J connectivity index is 1.26. The van der Waals surface area contributed by atoms with E-state index >= 15 is 0 Å². The van der Waals surface area contributed by atoms with Gasteiger partial charge in [0.25, 0.3) is 5.91 Å². The highest BCUT2D eigenvalue weighted by molar-refractivity contribution is 5.95. The zero-order chi connectivity index (χ0) is 21.7.